The minimum absolute atomic E-state index is 0.833. The summed E-state index contributed by atoms with van der Waals surface area (Å²) in [6, 6.07) is 0. The van der Waals surface area contributed by atoms with E-state index >= 15 is 0 Å². The van der Waals surface area contributed by atoms with Gasteiger partial charge in [0.25, 0.3) is 0 Å². The van der Waals surface area contributed by atoms with Gasteiger partial charge in [0.15, 0.2) is 0 Å². The molecule has 2 heterocycles. The predicted molar refractivity (Wildman–Crippen MR) is 40.2 cm³/mol. The summed E-state index contributed by atoms with van der Waals surface area (Å²) >= 11 is 5.87. The lowest BCUT2D eigenvalue weighted by atomic mass is 10.1. The second-order valence-electron chi connectivity index (χ2n) is 2.62. The van der Waals surface area contributed by atoms with E-state index in [1.165, 1.54) is 18.5 Å². The summed E-state index contributed by atoms with van der Waals surface area (Å²) in [6.45, 7) is 1.04. The van der Waals surface area contributed by atoms with Gasteiger partial charge in [-0.05, 0) is 19.3 Å². The van der Waals surface area contributed by atoms with E-state index in [0.717, 1.165) is 18.0 Å². The maximum atomic E-state index is 5.87. The average Bonchev–Trinajstić information content (AvgIpc) is 2.34. The van der Waals surface area contributed by atoms with E-state index in [1.54, 1.807) is 6.20 Å². The number of halogens is 1. The highest BCUT2D eigenvalue weighted by molar-refractivity contribution is 6.31. The Morgan fingerprint density at radius 2 is 2.40 bits per heavy atom. The van der Waals surface area contributed by atoms with E-state index in [4.69, 9.17) is 11.6 Å². The maximum absolute atomic E-state index is 5.87. The first-order chi connectivity index (χ1) is 4.88. The summed E-state index contributed by atoms with van der Waals surface area (Å²) in [5.41, 5.74) is 1.22. The number of aromatic nitrogens is 2. The zero-order valence-corrected chi connectivity index (χ0v) is 6.43. The van der Waals surface area contributed by atoms with E-state index in [1.807, 2.05) is 4.68 Å². The van der Waals surface area contributed by atoms with Crippen LogP contribution >= 0.6 is 11.6 Å². The average molecular weight is 157 g/mol. The number of hydrogen-bond donors (Lipinski definition) is 0. The number of nitrogens with zero attached hydrogens (tertiary/aromatic N) is 2. The zero-order valence-electron chi connectivity index (χ0n) is 5.68. The molecule has 0 saturated heterocycles. The van der Waals surface area contributed by atoms with Crippen molar-refractivity contribution in [1.82, 2.24) is 9.78 Å². The van der Waals surface area contributed by atoms with Gasteiger partial charge in [-0.2, -0.15) is 5.10 Å². The molecule has 0 spiro atoms. The number of fused-ring (bicyclic) bond motifs is 1. The van der Waals surface area contributed by atoms with E-state index in [2.05, 4.69) is 5.10 Å². The largest absolute Gasteiger partial charge is 0.268 e. The van der Waals surface area contributed by atoms with Crippen molar-refractivity contribution >= 4 is 11.6 Å². The molecule has 1 aliphatic heterocycles. The fraction of sp³-hybridized carbons (Fsp3) is 0.571. The topological polar surface area (TPSA) is 17.8 Å². The van der Waals surface area contributed by atoms with Gasteiger partial charge in [0, 0.05) is 6.54 Å². The van der Waals surface area contributed by atoms with Gasteiger partial charge in [-0.1, -0.05) is 11.6 Å². The maximum Gasteiger partial charge on any atom is 0.0817 e. The molecule has 0 aromatic carbocycles. The molecule has 3 heteroatoms. The Bertz CT molecular complexity index is 242. The smallest absolute Gasteiger partial charge is 0.0817 e. The predicted octanol–water partition coefficient (Wildman–Crippen LogP) is 1.87. The lowest BCUT2D eigenvalue weighted by Crippen LogP contribution is -2.10. The summed E-state index contributed by atoms with van der Waals surface area (Å²) in [7, 11) is 0. The molecule has 1 aromatic heterocycles. The molecule has 0 radical (unpaired) electrons. The first-order valence-corrected chi connectivity index (χ1v) is 3.96. The van der Waals surface area contributed by atoms with E-state index < -0.39 is 0 Å². The minimum atomic E-state index is 0.833. The van der Waals surface area contributed by atoms with Crippen LogP contribution in [0.3, 0.4) is 0 Å². The molecule has 0 saturated carbocycles. The van der Waals surface area contributed by atoms with Crippen molar-refractivity contribution in [2.75, 3.05) is 0 Å². The molecule has 10 heavy (non-hydrogen) atoms. The van der Waals surface area contributed by atoms with Crippen LogP contribution in [-0.2, 0) is 13.0 Å². The molecule has 0 unspecified atom stereocenters. The third-order valence-electron chi connectivity index (χ3n) is 1.93. The second kappa shape index (κ2) is 2.27. The van der Waals surface area contributed by atoms with Crippen LogP contribution in [0, 0.1) is 0 Å². The van der Waals surface area contributed by atoms with E-state index in [9.17, 15) is 0 Å². The Balaban J connectivity index is 2.45. The molecular formula is C7H9ClN2. The fourth-order valence-corrected chi connectivity index (χ4v) is 1.62. The van der Waals surface area contributed by atoms with Crippen LogP contribution in [0.2, 0.25) is 5.02 Å². The fourth-order valence-electron chi connectivity index (χ4n) is 1.38. The first kappa shape index (κ1) is 6.23. The molecule has 1 aromatic rings. The molecule has 1 aliphatic rings. The molecule has 0 fully saturated rings. The molecule has 2 rings (SSSR count). The summed E-state index contributed by atoms with van der Waals surface area (Å²) in [5.74, 6) is 0. The van der Waals surface area contributed by atoms with Gasteiger partial charge in [0.1, 0.15) is 0 Å². The molecule has 0 atom stereocenters. The molecular weight excluding hydrogens is 148 g/mol. The highest BCUT2D eigenvalue weighted by Gasteiger charge is 2.12. The Labute approximate surface area is 64.8 Å². The van der Waals surface area contributed by atoms with Crippen molar-refractivity contribution in [2.45, 2.75) is 25.8 Å². The van der Waals surface area contributed by atoms with Gasteiger partial charge < -0.3 is 0 Å². The third-order valence-corrected chi connectivity index (χ3v) is 2.25. The van der Waals surface area contributed by atoms with Crippen LogP contribution < -0.4 is 0 Å². The lowest BCUT2D eigenvalue weighted by molar-refractivity contribution is 0.486. The van der Waals surface area contributed by atoms with Gasteiger partial charge in [-0.3, -0.25) is 4.68 Å². The van der Waals surface area contributed by atoms with E-state index in [0.29, 0.717) is 0 Å². The SMILES string of the molecule is Clc1cnn2c1CCCC2. The van der Waals surface area contributed by atoms with Gasteiger partial charge in [0.05, 0.1) is 16.9 Å². The van der Waals surface area contributed by atoms with Crippen LogP contribution in [0.15, 0.2) is 6.20 Å². The first-order valence-electron chi connectivity index (χ1n) is 3.58. The van der Waals surface area contributed by atoms with Gasteiger partial charge in [0.2, 0.25) is 0 Å². The Hall–Kier alpha value is -0.500. The van der Waals surface area contributed by atoms with Gasteiger partial charge in [-0.15, -0.1) is 0 Å². The molecule has 0 amide bonds. The molecule has 0 bridgehead atoms. The van der Waals surface area contributed by atoms with Crippen LogP contribution in [-0.4, -0.2) is 9.78 Å². The Morgan fingerprint density at radius 3 is 3.20 bits per heavy atom. The molecule has 54 valence electrons. The number of rotatable bonds is 0. The van der Waals surface area contributed by atoms with Crippen molar-refractivity contribution in [1.29, 1.82) is 0 Å². The molecule has 2 nitrogen and oxygen atoms in total. The van der Waals surface area contributed by atoms with Crippen LogP contribution in [0.25, 0.3) is 0 Å². The van der Waals surface area contributed by atoms with Crippen molar-refractivity contribution in [3.05, 3.63) is 16.9 Å². The number of hydrogen-bond acceptors (Lipinski definition) is 1. The Kier molecular flexibility index (Phi) is 1.42. The second-order valence-corrected chi connectivity index (χ2v) is 3.03. The quantitative estimate of drug-likeness (QED) is 0.561. The van der Waals surface area contributed by atoms with E-state index in [-0.39, 0.29) is 0 Å². The summed E-state index contributed by atoms with van der Waals surface area (Å²) in [6.07, 6.45) is 5.33. The molecule has 0 N–H and O–H groups in total. The summed E-state index contributed by atoms with van der Waals surface area (Å²) in [5, 5.41) is 4.97. The van der Waals surface area contributed by atoms with Crippen molar-refractivity contribution < 1.29 is 0 Å². The van der Waals surface area contributed by atoms with Gasteiger partial charge in [-0.25, -0.2) is 0 Å². The van der Waals surface area contributed by atoms with Crippen LogP contribution in [0.5, 0.6) is 0 Å². The zero-order chi connectivity index (χ0) is 6.97. The van der Waals surface area contributed by atoms with Crippen molar-refractivity contribution in [3.8, 4) is 0 Å². The monoisotopic (exact) mass is 156 g/mol. The van der Waals surface area contributed by atoms with Crippen molar-refractivity contribution in [2.24, 2.45) is 0 Å². The van der Waals surface area contributed by atoms with Crippen LogP contribution in [0.1, 0.15) is 18.5 Å². The van der Waals surface area contributed by atoms with Crippen molar-refractivity contribution in [3.63, 3.8) is 0 Å². The lowest BCUT2D eigenvalue weighted by Gasteiger charge is -2.12. The summed E-state index contributed by atoms with van der Waals surface area (Å²) < 4.78 is 2.01. The highest BCUT2D eigenvalue weighted by atomic mass is 35.5. The normalized spacial score (nSPS) is 16.9. The number of aryl methyl sites for hydroxylation is 1. The van der Waals surface area contributed by atoms with Crippen LogP contribution in [0.4, 0.5) is 0 Å². The third kappa shape index (κ3) is 0.833. The van der Waals surface area contributed by atoms with Gasteiger partial charge >= 0.3 is 0 Å². The minimum Gasteiger partial charge on any atom is -0.268 e. The highest BCUT2D eigenvalue weighted by Crippen LogP contribution is 2.21. The Morgan fingerprint density at radius 1 is 1.50 bits per heavy atom. The summed E-state index contributed by atoms with van der Waals surface area (Å²) in [4.78, 5) is 0. The molecule has 0 aliphatic carbocycles. The standard InChI is InChI=1S/C7H9ClN2/c8-6-5-9-10-4-2-1-3-7(6)10/h5H,1-4H2.